The Morgan fingerprint density at radius 2 is 1.89 bits per heavy atom. The predicted octanol–water partition coefficient (Wildman–Crippen LogP) is 2.70. The van der Waals surface area contributed by atoms with Gasteiger partial charge in [-0.3, -0.25) is 0 Å². The first-order valence-electron chi connectivity index (χ1n) is 8.29. The third-order valence-electron chi connectivity index (χ3n) is 3.54. The van der Waals surface area contributed by atoms with E-state index in [-0.39, 0.29) is 21.6 Å². The number of ether oxygens (including phenoxy) is 1. The zero-order valence-corrected chi connectivity index (χ0v) is 16.8. The van der Waals surface area contributed by atoms with Crippen LogP contribution in [0.5, 0.6) is 11.5 Å². The summed E-state index contributed by atoms with van der Waals surface area (Å²) in [5.41, 5.74) is 11.2. The molecule has 0 aliphatic rings. The van der Waals surface area contributed by atoms with Crippen molar-refractivity contribution in [3.05, 3.63) is 53.1 Å². The van der Waals surface area contributed by atoms with Gasteiger partial charge in [-0.05, 0) is 49.1 Å². The van der Waals surface area contributed by atoms with Crippen molar-refractivity contribution in [1.82, 2.24) is 0 Å². The molecule has 4 N–H and O–H groups in total. The molecule has 2 rings (SSSR count). The van der Waals surface area contributed by atoms with Crippen LogP contribution >= 0.6 is 11.6 Å². The Morgan fingerprint density at radius 3 is 2.57 bits per heavy atom. The van der Waals surface area contributed by atoms with Gasteiger partial charge in [-0.15, -0.1) is 5.10 Å². The Hall–Kier alpha value is -2.78. The number of halogens is 1. The highest BCUT2D eigenvalue weighted by molar-refractivity contribution is 7.87. The van der Waals surface area contributed by atoms with Gasteiger partial charge >= 0.3 is 10.1 Å². The fraction of sp³-hybridized carbons (Fsp3) is 0.222. The lowest BCUT2D eigenvalue weighted by Crippen LogP contribution is -2.21. The monoisotopic (exact) mass is 424 g/mol. The Labute approximate surface area is 168 Å². The number of nitrogens with zero attached hydrogens (tertiary/aromatic N) is 2. The van der Waals surface area contributed by atoms with Crippen molar-refractivity contribution in [2.24, 2.45) is 21.7 Å². The number of nitrogens with two attached hydrogens (primary N) is 2. The van der Waals surface area contributed by atoms with E-state index in [9.17, 15) is 8.42 Å². The molecule has 0 amide bonds. The van der Waals surface area contributed by atoms with Crippen molar-refractivity contribution < 1.29 is 17.3 Å². The second-order valence-electron chi connectivity index (χ2n) is 5.70. The minimum atomic E-state index is -4.07. The summed E-state index contributed by atoms with van der Waals surface area (Å²) in [5, 5.41) is 7.31. The quantitative estimate of drug-likeness (QED) is 0.209. The average molecular weight is 425 g/mol. The topological polar surface area (TPSA) is 129 Å². The van der Waals surface area contributed by atoms with Gasteiger partial charge in [0.1, 0.15) is 16.4 Å². The molecule has 0 aromatic heterocycles. The summed E-state index contributed by atoms with van der Waals surface area (Å²) in [4.78, 5) is -0.100. The Kier molecular flexibility index (Phi) is 7.65. The molecule has 150 valence electrons. The van der Waals surface area contributed by atoms with Crippen molar-refractivity contribution in [1.29, 1.82) is 0 Å². The van der Waals surface area contributed by atoms with Crippen LogP contribution in [0.25, 0.3) is 0 Å². The maximum atomic E-state index is 12.5. The molecule has 0 spiro atoms. The SMILES string of the molecule is COc1cc(CCC/C=N/N=C(N)N)cc(OS(=O)(=O)c2ccccc2Cl)c1. The summed E-state index contributed by atoms with van der Waals surface area (Å²) in [6, 6.07) is 11.0. The van der Waals surface area contributed by atoms with Gasteiger partial charge in [-0.25, -0.2) is 0 Å². The molecule has 0 heterocycles. The second-order valence-corrected chi connectivity index (χ2v) is 7.62. The summed E-state index contributed by atoms with van der Waals surface area (Å²) in [6.07, 6.45) is 3.63. The zero-order chi connectivity index (χ0) is 20.6. The molecular weight excluding hydrogens is 404 g/mol. The van der Waals surface area contributed by atoms with E-state index in [0.29, 0.717) is 18.6 Å². The van der Waals surface area contributed by atoms with Crippen LogP contribution in [-0.4, -0.2) is 27.7 Å². The maximum absolute atomic E-state index is 12.5. The molecule has 0 aliphatic heterocycles. The van der Waals surface area contributed by atoms with Crippen LogP contribution < -0.4 is 20.4 Å². The van der Waals surface area contributed by atoms with Gasteiger partial charge in [-0.2, -0.15) is 13.5 Å². The van der Waals surface area contributed by atoms with E-state index in [2.05, 4.69) is 10.2 Å². The van der Waals surface area contributed by atoms with E-state index in [4.69, 9.17) is 32.0 Å². The van der Waals surface area contributed by atoms with Gasteiger partial charge in [0, 0.05) is 12.3 Å². The third kappa shape index (κ3) is 6.43. The molecule has 0 radical (unpaired) electrons. The van der Waals surface area contributed by atoms with E-state index >= 15 is 0 Å². The Balaban J connectivity index is 2.13. The van der Waals surface area contributed by atoms with E-state index < -0.39 is 10.1 Å². The lowest BCUT2D eigenvalue weighted by molar-refractivity contribution is 0.411. The van der Waals surface area contributed by atoms with Gasteiger partial charge in [0.25, 0.3) is 0 Å². The number of benzene rings is 2. The first-order chi connectivity index (χ1) is 13.3. The van der Waals surface area contributed by atoms with Crippen LogP contribution in [0.1, 0.15) is 18.4 Å². The van der Waals surface area contributed by atoms with Gasteiger partial charge in [-0.1, -0.05) is 23.7 Å². The number of hydrogen-bond donors (Lipinski definition) is 2. The molecule has 0 saturated heterocycles. The summed E-state index contributed by atoms with van der Waals surface area (Å²) >= 11 is 5.97. The van der Waals surface area contributed by atoms with Crippen LogP contribution in [0.4, 0.5) is 0 Å². The molecule has 0 aliphatic carbocycles. The molecule has 0 saturated carbocycles. The van der Waals surface area contributed by atoms with E-state index in [1.807, 2.05) is 6.07 Å². The first kappa shape index (κ1) is 21.5. The number of unbranched alkanes of at least 4 members (excludes halogenated alkanes) is 1. The molecule has 0 unspecified atom stereocenters. The number of hydrogen-bond acceptors (Lipinski definition) is 6. The molecule has 10 heteroatoms. The maximum Gasteiger partial charge on any atom is 0.340 e. The van der Waals surface area contributed by atoms with Crippen molar-refractivity contribution in [3.8, 4) is 11.5 Å². The first-order valence-corrected chi connectivity index (χ1v) is 10.1. The van der Waals surface area contributed by atoms with E-state index in [1.165, 1.54) is 25.3 Å². The van der Waals surface area contributed by atoms with Gasteiger partial charge in [0.15, 0.2) is 0 Å². The smallest absolute Gasteiger partial charge is 0.340 e. The van der Waals surface area contributed by atoms with Gasteiger partial charge in [0.05, 0.1) is 12.1 Å². The molecule has 2 aromatic rings. The fourth-order valence-electron chi connectivity index (χ4n) is 2.32. The summed E-state index contributed by atoms with van der Waals surface area (Å²) in [7, 11) is -2.58. The molecule has 0 fully saturated rings. The molecular formula is C18H21ClN4O4S. The highest BCUT2D eigenvalue weighted by Crippen LogP contribution is 2.28. The highest BCUT2D eigenvalue weighted by atomic mass is 35.5. The van der Waals surface area contributed by atoms with E-state index in [0.717, 1.165) is 12.0 Å². The minimum absolute atomic E-state index is 0.0886. The number of aryl methyl sites for hydroxylation is 1. The van der Waals surface area contributed by atoms with Crippen LogP contribution in [0.3, 0.4) is 0 Å². The normalized spacial score (nSPS) is 11.4. The van der Waals surface area contributed by atoms with Crippen molar-refractivity contribution in [2.45, 2.75) is 24.2 Å². The Bertz CT molecular complexity index is 973. The number of rotatable bonds is 9. The van der Waals surface area contributed by atoms with Crippen molar-refractivity contribution >= 4 is 33.9 Å². The van der Waals surface area contributed by atoms with Crippen LogP contribution in [0.2, 0.25) is 5.02 Å². The Morgan fingerprint density at radius 1 is 1.18 bits per heavy atom. The van der Waals surface area contributed by atoms with Gasteiger partial charge in [0.2, 0.25) is 5.96 Å². The lowest BCUT2D eigenvalue weighted by Gasteiger charge is -2.11. The lowest BCUT2D eigenvalue weighted by atomic mass is 10.1. The standard InChI is InChI=1S/C18H21ClN4O4S/c1-26-14-10-13(6-4-5-9-22-23-18(20)21)11-15(12-14)27-28(24,25)17-8-3-2-7-16(17)19/h2-3,7-12H,4-6H2,1H3,(H4,20,21,23)/b22-9+. The fourth-order valence-corrected chi connectivity index (χ4v) is 3.73. The average Bonchev–Trinajstić information content (AvgIpc) is 2.64. The molecule has 2 aromatic carbocycles. The molecule has 8 nitrogen and oxygen atoms in total. The largest absolute Gasteiger partial charge is 0.497 e. The highest BCUT2D eigenvalue weighted by Gasteiger charge is 2.20. The van der Waals surface area contributed by atoms with E-state index in [1.54, 1.807) is 24.4 Å². The minimum Gasteiger partial charge on any atom is -0.497 e. The van der Waals surface area contributed by atoms with Crippen molar-refractivity contribution in [2.75, 3.05) is 7.11 Å². The second kappa shape index (κ2) is 9.95. The number of guanidine groups is 1. The predicted molar refractivity (Wildman–Crippen MR) is 109 cm³/mol. The molecule has 0 bridgehead atoms. The molecule has 28 heavy (non-hydrogen) atoms. The summed E-state index contributed by atoms with van der Waals surface area (Å²) in [5.74, 6) is 0.519. The summed E-state index contributed by atoms with van der Waals surface area (Å²) in [6.45, 7) is 0. The summed E-state index contributed by atoms with van der Waals surface area (Å²) < 4.78 is 35.5. The van der Waals surface area contributed by atoms with Crippen LogP contribution in [0, 0.1) is 0 Å². The molecule has 0 atom stereocenters. The van der Waals surface area contributed by atoms with Crippen LogP contribution in [-0.2, 0) is 16.5 Å². The third-order valence-corrected chi connectivity index (χ3v) is 5.29. The zero-order valence-electron chi connectivity index (χ0n) is 15.2. The number of methoxy groups -OCH3 is 1. The van der Waals surface area contributed by atoms with Crippen LogP contribution in [0.15, 0.2) is 57.6 Å². The van der Waals surface area contributed by atoms with Gasteiger partial charge < -0.3 is 20.4 Å². The van der Waals surface area contributed by atoms with Crippen molar-refractivity contribution in [3.63, 3.8) is 0 Å².